The van der Waals surface area contributed by atoms with E-state index in [9.17, 15) is 9.59 Å². The lowest BCUT2D eigenvalue weighted by molar-refractivity contribution is -0.125. The summed E-state index contributed by atoms with van der Waals surface area (Å²) in [5.41, 5.74) is 6.45. The Balaban J connectivity index is 1.88. The first-order valence-electron chi connectivity index (χ1n) is 6.90. The van der Waals surface area contributed by atoms with E-state index in [4.69, 9.17) is 10.5 Å². The SMILES string of the molecule is COCC(=O)NC1CCN(C(=O)c2ncccc2N)CC1. The van der Waals surface area contributed by atoms with Gasteiger partial charge in [-0.15, -0.1) is 0 Å². The number of amides is 2. The van der Waals surface area contributed by atoms with Crippen molar-refractivity contribution in [3.63, 3.8) is 0 Å². The number of hydrogen-bond donors (Lipinski definition) is 2. The molecule has 0 aliphatic carbocycles. The molecule has 0 aromatic carbocycles. The lowest BCUT2D eigenvalue weighted by Crippen LogP contribution is -2.47. The van der Waals surface area contributed by atoms with Gasteiger partial charge in [0.1, 0.15) is 6.61 Å². The summed E-state index contributed by atoms with van der Waals surface area (Å²) in [6, 6.07) is 3.44. The van der Waals surface area contributed by atoms with Crippen LogP contribution in [0.5, 0.6) is 0 Å². The maximum absolute atomic E-state index is 12.3. The van der Waals surface area contributed by atoms with Crippen molar-refractivity contribution >= 4 is 17.5 Å². The first-order chi connectivity index (χ1) is 10.1. The number of likely N-dealkylation sites (tertiary alicyclic amines) is 1. The highest BCUT2D eigenvalue weighted by molar-refractivity contribution is 5.97. The number of nitrogens with one attached hydrogen (secondary N) is 1. The molecule has 3 N–H and O–H groups in total. The average molecular weight is 292 g/mol. The molecule has 7 heteroatoms. The summed E-state index contributed by atoms with van der Waals surface area (Å²) in [6.45, 7) is 1.21. The van der Waals surface area contributed by atoms with Crippen molar-refractivity contribution in [2.24, 2.45) is 0 Å². The summed E-state index contributed by atoms with van der Waals surface area (Å²) >= 11 is 0. The predicted octanol–water partition coefficient (Wildman–Crippen LogP) is 0.0310. The fourth-order valence-corrected chi connectivity index (χ4v) is 2.37. The van der Waals surface area contributed by atoms with Crippen molar-refractivity contribution in [1.82, 2.24) is 15.2 Å². The number of rotatable bonds is 4. The summed E-state index contributed by atoms with van der Waals surface area (Å²) in [7, 11) is 1.48. The zero-order valence-corrected chi connectivity index (χ0v) is 12.0. The fraction of sp³-hybridized carbons (Fsp3) is 0.500. The van der Waals surface area contributed by atoms with E-state index in [1.165, 1.54) is 7.11 Å². The van der Waals surface area contributed by atoms with Gasteiger partial charge in [-0.3, -0.25) is 9.59 Å². The third-order valence-corrected chi connectivity index (χ3v) is 3.46. The molecule has 0 saturated carbocycles. The van der Waals surface area contributed by atoms with E-state index in [1.807, 2.05) is 0 Å². The molecular formula is C14H20N4O3. The minimum absolute atomic E-state index is 0.0591. The smallest absolute Gasteiger partial charge is 0.274 e. The molecule has 2 heterocycles. The number of pyridine rings is 1. The lowest BCUT2D eigenvalue weighted by Gasteiger charge is -2.32. The van der Waals surface area contributed by atoms with Gasteiger partial charge in [0.2, 0.25) is 5.91 Å². The zero-order valence-electron chi connectivity index (χ0n) is 12.0. The molecule has 21 heavy (non-hydrogen) atoms. The number of piperidine rings is 1. The summed E-state index contributed by atoms with van der Waals surface area (Å²) in [6.07, 6.45) is 2.99. The van der Waals surface area contributed by atoms with Gasteiger partial charge >= 0.3 is 0 Å². The quantitative estimate of drug-likeness (QED) is 0.816. The third-order valence-electron chi connectivity index (χ3n) is 3.46. The van der Waals surface area contributed by atoms with Crippen LogP contribution in [-0.2, 0) is 9.53 Å². The van der Waals surface area contributed by atoms with Crippen LogP contribution in [0.1, 0.15) is 23.3 Å². The highest BCUT2D eigenvalue weighted by Gasteiger charge is 2.26. The largest absolute Gasteiger partial charge is 0.397 e. The van der Waals surface area contributed by atoms with Crippen molar-refractivity contribution < 1.29 is 14.3 Å². The van der Waals surface area contributed by atoms with Gasteiger partial charge in [0.05, 0.1) is 5.69 Å². The van der Waals surface area contributed by atoms with Crippen LogP contribution in [0.4, 0.5) is 5.69 Å². The first kappa shape index (κ1) is 15.2. The standard InChI is InChI=1S/C14H20N4O3/c1-21-9-12(19)17-10-4-7-18(8-5-10)14(20)13-11(15)3-2-6-16-13/h2-3,6,10H,4-5,7-9,15H2,1H3,(H,17,19). The number of aromatic nitrogens is 1. The molecule has 0 spiro atoms. The number of carbonyl (C=O) groups excluding carboxylic acids is 2. The minimum atomic E-state index is -0.158. The average Bonchev–Trinajstić information content (AvgIpc) is 2.48. The van der Waals surface area contributed by atoms with E-state index in [0.717, 1.165) is 0 Å². The van der Waals surface area contributed by atoms with Crippen LogP contribution in [0.3, 0.4) is 0 Å². The van der Waals surface area contributed by atoms with Crippen LogP contribution in [0.2, 0.25) is 0 Å². The number of nitrogens with two attached hydrogens (primary N) is 1. The van der Waals surface area contributed by atoms with Gasteiger partial charge in [0, 0.05) is 32.4 Å². The molecule has 2 rings (SSSR count). The van der Waals surface area contributed by atoms with E-state index in [0.29, 0.717) is 37.3 Å². The normalized spacial score (nSPS) is 15.8. The Morgan fingerprint density at radius 3 is 2.81 bits per heavy atom. The second-order valence-electron chi connectivity index (χ2n) is 5.01. The fourth-order valence-electron chi connectivity index (χ4n) is 2.37. The molecule has 1 aliphatic rings. The van der Waals surface area contributed by atoms with Crippen molar-refractivity contribution in [1.29, 1.82) is 0 Å². The van der Waals surface area contributed by atoms with Gasteiger partial charge in [-0.2, -0.15) is 0 Å². The van der Waals surface area contributed by atoms with Gasteiger partial charge < -0.3 is 20.7 Å². The van der Waals surface area contributed by atoms with Gasteiger partial charge in [-0.1, -0.05) is 0 Å². The Morgan fingerprint density at radius 1 is 1.48 bits per heavy atom. The lowest BCUT2D eigenvalue weighted by atomic mass is 10.0. The summed E-state index contributed by atoms with van der Waals surface area (Å²) in [4.78, 5) is 29.5. The monoisotopic (exact) mass is 292 g/mol. The Hall–Kier alpha value is -2.15. The molecule has 1 fully saturated rings. The molecule has 0 unspecified atom stereocenters. The number of ether oxygens (including phenoxy) is 1. The Labute approximate surface area is 123 Å². The van der Waals surface area contributed by atoms with Gasteiger partial charge in [0.25, 0.3) is 5.91 Å². The Morgan fingerprint density at radius 2 is 2.19 bits per heavy atom. The van der Waals surface area contributed by atoms with Crippen LogP contribution >= 0.6 is 0 Å². The number of hydrogen-bond acceptors (Lipinski definition) is 5. The third kappa shape index (κ3) is 3.91. The van der Waals surface area contributed by atoms with Gasteiger partial charge in [-0.05, 0) is 25.0 Å². The molecular weight excluding hydrogens is 272 g/mol. The van der Waals surface area contributed by atoms with Crippen LogP contribution in [0, 0.1) is 0 Å². The molecule has 0 atom stereocenters. The molecule has 114 valence electrons. The zero-order chi connectivity index (χ0) is 15.2. The molecule has 1 aliphatic heterocycles. The molecule has 1 saturated heterocycles. The van der Waals surface area contributed by atoms with Crippen molar-refractivity contribution in [3.8, 4) is 0 Å². The van der Waals surface area contributed by atoms with E-state index in [1.54, 1.807) is 23.2 Å². The topological polar surface area (TPSA) is 97.5 Å². The molecule has 1 aromatic rings. The summed E-state index contributed by atoms with van der Waals surface area (Å²) in [5, 5.41) is 2.89. The highest BCUT2D eigenvalue weighted by Crippen LogP contribution is 2.16. The Kier molecular flexibility index (Phi) is 5.10. The van der Waals surface area contributed by atoms with Crippen molar-refractivity contribution in [3.05, 3.63) is 24.0 Å². The van der Waals surface area contributed by atoms with Crippen LogP contribution in [0.25, 0.3) is 0 Å². The highest BCUT2D eigenvalue weighted by atomic mass is 16.5. The van der Waals surface area contributed by atoms with Gasteiger partial charge in [-0.25, -0.2) is 4.98 Å². The second kappa shape index (κ2) is 7.03. The molecule has 7 nitrogen and oxygen atoms in total. The molecule has 1 aromatic heterocycles. The Bertz CT molecular complexity index is 513. The summed E-state index contributed by atoms with van der Waals surface area (Å²) < 4.78 is 4.78. The van der Waals surface area contributed by atoms with Gasteiger partial charge in [0.15, 0.2) is 5.69 Å². The van der Waals surface area contributed by atoms with Crippen LogP contribution in [0.15, 0.2) is 18.3 Å². The first-order valence-corrected chi connectivity index (χ1v) is 6.90. The number of nitrogen functional groups attached to an aromatic ring is 1. The maximum atomic E-state index is 12.3. The molecule has 0 radical (unpaired) electrons. The number of carbonyl (C=O) groups is 2. The van der Waals surface area contributed by atoms with E-state index >= 15 is 0 Å². The predicted molar refractivity (Wildman–Crippen MR) is 77.6 cm³/mol. The second-order valence-corrected chi connectivity index (χ2v) is 5.01. The van der Waals surface area contributed by atoms with Crippen LogP contribution in [-0.4, -0.2) is 54.5 Å². The van der Waals surface area contributed by atoms with Crippen LogP contribution < -0.4 is 11.1 Å². The minimum Gasteiger partial charge on any atom is -0.397 e. The molecule has 2 amide bonds. The molecule has 0 bridgehead atoms. The van der Waals surface area contributed by atoms with E-state index in [-0.39, 0.29) is 24.5 Å². The van der Waals surface area contributed by atoms with Crippen molar-refractivity contribution in [2.45, 2.75) is 18.9 Å². The summed E-state index contributed by atoms with van der Waals surface area (Å²) in [5.74, 6) is -0.286. The van der Waals surface area contributed by atoms with Crippen molar-refractivity contribution in [2.75, 3.05) is 32.5 Å². The van der Waals surface area contributed by atoms with E-state index in [2.05, 4.69) is 10.3 Å². The number of methoxy groups -OCH3 is 1. The number of anilines is 1. The van der Waals surface area contributed by atoms with E-state index < -0.39 is 0 Å². The number of nitrogens with zero attached hydrogens (tertiary/aromatic N) is 2. The maximum Gasteiger partial charge on any atom is 0.274 e.